The van der Waals surface area contributed by atoms with E-state index in [4.69, 9.17) is 10.5 Å². The predicted molar refractivity (Wildman–Crippen MR) is 87.4 cm³/mol. The molecule has 2 aromatic carbocycles. The number of hydrogen-bond acceptors (Lipinski definition) is 3. The fraction of sp³-hybridized carbons (Fsp3) is 0.188. The van der Waals surface area contributed by atoms with Gasteiger partial charge in [0.05, 0.1) is 17.6 Å². The van der Waals surface area contributed by atoms with Crippen LogP contribution in [0, 0.1) is 0 Å². The Bertz CT molecular complexity index is 617. The van der Waals surface area contributed by atoms with Crippen molar-refractivity contribution in [3.63, 3.8) is 0 Å². The van der Waals surface area contributed by atoms with Crippen LogP contribution in [-0.4, -0.2) is 19.1 Å². The minimum absolute atomic E-state index is 0.219. The van der Waals surface area contributed by atoms with Crippen molar-refractivity contribution in [1.82, 2.24) is 0 Å². The molecule has 0 radical (unpaired) electrons. The molecule has 0 saturated heterocycles. The van der Waals surface area contributed by atoms with Gasteiger partial charge in [-0.1, -0.05) is 30.3 Å². The van der Waals surface area contributed by atoms with Crippen molar-refractivity contribution in [3.05, 3.63) is 58.6 Å². The molecular formula is C16H17BrN2O2. The molecule has 110 valence electrons. The highest BCUT2D eigenvalue weighted by Crippen LogP contribution is 2.27. The average Bonchev–Trinajstić information content (AvgIpc) is 2.50. The number of halogens is 1. The van der Waals surface area contributed by atoms with E-state index in [0.29, 0.717) is 17.9 Å². The van der Waals surface area contributed by atoms with E-state index >= 15 is 0 Å². The van der Waals surface area contributed by atoms with Crippen molar-refractivity contribution < 1.29 is 9.53 Å². The second-order valence-corrected chi connectivity index (χ2v) is 5.49. The van der Waals surface area contributed by atoms with Crippen LogP contribution in [0.2, 0.25) is 0 Å². The minimum Gasteiger partial charge on any atom is -0.495 e. The summed E-state index contributed by atoms with van der Waals surface area (Å²) < 4.78 is 6.02. The number of ether oxygens (including phenoxy) is 1. The van der Waals surface area contributed by atoms with Gasteiger partial charge in [-0.3, -0.25) is 4.79 Å². The Labute approximate surface area is 132 Å². The number of carbonyl (C=O) groups is 1. The van der Waals surface area contributed by atoms with Crippen molar-refractivity contribution in [2.24, 2.45) is 5.73 Å². The number of amides is 1. The van der Waals surface area contributed by atoms with Gasteiger partial charge in [-0.25, -0.2) is 0 Å². The summed E-state index contributed by atoms with van der Waals surface area (Å²) >= 11 is 3.37. The summed E-state index contributed by atoms with van der Waals surface area (Å²) in [6, 6.07) is 14.5. The van der Waals surface area contributed by atoms with Crippen LogP contribution in [0.3, 0.4) is 0 Å². The van der Waals surface area contributed by atoms with Gasteiger partial charge in [-0.05, 0) is 40.0 Å². The number of carbonyl (C=O) groups excluding carboxylic acids is 1. The lowest BCUT2D eigenvalue weighted by Crippen LogP contribution is -2.37. The van der Waals surface area contributed by atoms with Crippen LogP contribution in [0.25, 0.3) is 0 Å². The van der Waals surface area contributed by atoms with E-state index in [-0.39, 0.29) is 5.91 Å². The van der Waals surface area contributed by atoms with Crippen LogP contribution in [0.15, 0.2) is 53.0 Å². The number of anilines is 1. The molecule has 0 aliphatic carbocycles. The second-order valence-electron chi connectivity index (χ2n) is 4.63. The number of hydrogen-bond donors (Lipinski definition) is 2. The molecule has 2 rings (SSSR count). The molecule has 0 aliphatic rings. The number of nitrogens with two attached hydrogens (primary N) is 1. The molecular weight excluding hydrogens is 332 g/mol. The number of rotatable bonds is 5. The first-order valence-corrected chi connectivity index (χ1v) is 7.33. The van der Waals surface area contributed by atoms with Crippen molar-refractivity contribution in [1.29, 1.82) is 0 Å². The third kappa shape index (κ3) is 4.31. The standard InChI is InChI=1S/C16H17BrN2O2/c1-21-15-10-12(7-8-13(15)17)19-16(20)14(18)9-11-5-3-2-4-6-11/h2-8,10,14H,9,18H2,1H3,(H,19,20)/t14-/m0/s1. The molecule has 3 N–H and O–H groups in total. The highest BCUT2D eigenvalue weighted by atomic mass is 79.9. The Kier molecular flexibility index (Phi) is 5.36. The molecule has 0 fully saturated rings. The summed E-state index contributed by atoms with van der Waals surface area (Å²) in [5.74, 6) is 0.438. The van der Waals surface area contributed by atoms with Crippen LogP contribution in [0.1, 0.15) is 5.56 Å². The summed E-state index contributed by atoms with van der Waals surface area (Å²) in [6.45, 7) is 0. The largest absolute Gasteiger partial charge is 0.495 e. The molecule has 0 aromatic heterocycles. The van der Waals surface area contributed by atoms with E-state index in [1.165, 1.54) is 0 Å². The molecule has 5 heteroatoms. The molecule has 0 spiro atoms. The fourth-order valence-electron chi connectivity index (χ4n) is 1.93. The lowest BCUT2D eigenvalue weighted by molar-refractivity contribution is -0.117. The quantitative estimate of drug-likeness (QED) is 0.872. The lowest BCUT2D eigenvalue weighted by atomic mass is 10.1. The molecule has 0 unspecified atom stereocenters. The summed E-state index contributed by atoms with van der Waals surface area (Å²) in [6.07, 6.45) is 0.500. The number of benzene rings is 2. The van der Waals surface area contributed by atoms with Gasteiger partial charge in [0.15, 0.2) is 0 Å². The maximum absolute atomic E-state index is 12.1. The first-order valence-electron chi connectivity index (χ1n) is 6.54. The Morgan fingerprint density at radius 1 is 1.29 bits per heavy atom. The van der Waals surface area contributed by atoms with E-state index in [1.54, 1.807) is 19.2 Å². The van der Waals surface area contributed by atoms with Crippen molar-refractivity contribution >= 4 is 27.5 Å². The zero-order valence-corrected chi connectivity index (χ0v) is 13.3. The Morgan fingerprint density at radius 2 is 2.00 bits per heavy atom. The minimum atomic E-state index is -0.595. The summed E-state index contributed by atoms with van der Waals surface area (Å²) in [4.78, 5) is 12.1. The molecule has 1 amide bonds. The third-order valence-electron chi connectivity index (χ3n) is 3.05. The van der Waals surface area contributed by atoms with E-state index in [1.807, 2.05) is 36.4 Å². The highest BCUT2D eigenvalue weighted by Gasteiger charge is 2.14. The molecule has 1 atom stereocenters. The maximum atomic E-state index is 12.1. The maximum Gasteiger partial charge on any atom is 0.241 e. The van der Waals surface area contributed by atoms with Gasteiger partial charge in [-0.2, -0.15) is 0 Å². The van der Waals surface area contributed by atoms with Crippen molar-refractivity contribution in [2.75, 3.05) is 12.4 Å². The Hall–Kier alpha value is -1.85. The number of methoxy groups -OCH3 is 1. The first kappa shape index (κ1) is 15.5. The van der Waals surface area contributed by atoms with Crippen LogP contribution in [0.4, 0.5) is 5.69 Å². The Balaban J connectivity index is 2.00. The zero-order chi connectivity index (χ0) is 15.2. The Morgan fingerprint density at radius 3 is 2.67 bits per heavy atom. The van der Waals surface area contributed by atoms with Crippen LogP contribution >= 0.6 is 15.9 Å². The van der Waals surface area contributed by atoms with Gasteiger partial charge < -0.3 is 15.8 Å². The van der Waals surface area contributed by atoms with Crippen molar-refractivity contribution in [3.8, 4) is 5.75 Å². The molecule has 4 nitrogen and oxygen atoms in total. The normalized spacial score (nSPS) is 11.8. The van der Waals surface area contributed by atoms with Crippen LogP contribution in [-0.2, 0) is 11.2 Å². The van der Waals surface area contributed by atoms with Gasteiger partial charge in [0.2, 0.25) is 5.91 Å². The average molecular weight is 349 g/mol. The van der Waals surface area contributed by atoms with Crippen LogP contribution < -0.4 is 15.8 Å². The number of nitrogens with one attached hydrogen (secondary N) is 1. The highest BCUT2D eigenvalue weighted by molar-refractivity contribution is 9.10. The summed E-state index contributed by atoms with van der Waals surface area (Å²) in [7, 11) is 1.58. The smallest absolute Gasteiger partial charge is 0.241 e. The lowest BCUT2D eigenvalue weighted by Gasteiger charge is -2.13. The molecule has 2 aromatic rings. The molecule has 0 saturated carbocycles. The first-order chi connectivity index (χ1) is 10.1. The van der Waals surface area contributed by atoms with Gasteiger partial charge in [0, 0.05) is 11.8 Å². The summed E-state index contributed by atoms with van der Waals surface area (Å²) in [5.41, 5.74) is 7.64. The molecule has 0 heterocycles. The molecule has 0 bridgehead atoms. The molecule has 0 aliphatic heterocycles. The second kappa shape index (κ2) is 7.24. The summed E-state index contributed by atoms with van der Waals surface area (Å²) in [5, 5.41) is 2.80. The van der Waals surface area contributed by atoms with Crippen molar-refractivity contribution in [2.45, 2.75) is 12.5 Å². The van der Waals surface area contributed by atoms with Gasteiger partial charge in [0.25, 0.3) is 0 Å². The third-order valence-corrected chi connectivity index (χ3v) is 3.71. The fourth-order valence-corrected chi connectivity index (χ4v) is 2.34. The van der Waals surface area contributed by atoms with Crippen LogP contribution in [0.5, 0.6) is 5.75 Å². The SMILES string of the molecule is COc1cc(NC(=O)[C@@H](N)Cc2ccccc2)ccc1Br. The topological polar surface area (TPSA) is 64.3 Å². The molecule has 21 heavy (non-hydrogen) atoms. The van der Waals surface area contributed by atoms with Gasteiger partial charge in [0.1, 0.15) is 5.75 Å². The van der Waals surface area contributed by atoms with Gasteiger partial charge >= 0.3 is 0 Å². The van der Waals surface area contributed by atoms with Gasteiger partial charge in [-0.15, -0.1) is 0 Å². The van der Waals surface area contributed by atoms with E-state index in [0.717, 1.165) is 10.0 Å². The monoisotopic (exact) mass is 348 g/mol. The van der Waals surface area contributed by atoms with E-state index in [9.17, 15) is 4.79 Å². The van der Waals surface area contributed by atoms with E-state index in [2.05, 4.69) is 21.2 Å². The zero-order valence-electron chi connectivity index (χ0n) is 11.7. The van der Waals surface area contributed by atoms with E-state index < -0.39 is 6.04 Å². The predicted octanol–water partition coefficient (Wildman–Crippen LogP) is 2.97.